The molecule has 33 heavy (non-hydrogen) atoms. The van der Waals surface area contributed by atoms with E-state index in [-0.39, 0.29) is 35.2 Å². The molecule has 2 aromatic rings. The summed E-state index contributed by atoms with van der Waals surface area (Å²) in [5, 5.41) is 12.4. The zero-order valence-corrected chi connectivity index (χ0v) is 20.5. The number of methoxy groups -OCH3 is 2. The standard InChI is InChI=1S/C21H29N5O5S2/c1-30-17-8-9-19(31-2)18(12-17)26-21(22-23-24-26)32-13-20(27)25(15-6-4-3-5-7-15)16-10-11-33(28,29)14-16/h8-9,12,15-16H,3-7,10-11,13-14H2,1-2H3. The molecule has 0 spiro atoms. The average Bonchev–Trinajstić information content (AvgIpc) is 3.44. The highest BCUT2D eigenvalue weighted by Gasteiger charge is 2.38. The van der Waals surface area contributed by atoms with Gasteiger partial charge in [-0.1, -0.05) is 31.0 Å². The fraction of sp³-hybridized carbons (Fsp3) is 0.619. The number of rotatable bonds is 8. The lowest BCUT2D eigenvalue weighted by Gasteiger charge is -2.38. The van der Waals surface area contributed by atoms with Gasteiger partial charge >= 0.3 is 0 Å². The number of ether oxygens (including phenoxy) is 2. The molecular weight excluding hydrogens is 466 g/mol. The second-order valence-corrected chi connectivity index (χ2v) is 11.5. The van der Waals surface area contributed by atoms with E-state index in [1.54, 1.807) is 32.4 Å². The lowest BCUT2D eigenvalue weighted by atomic mass is 9.93. The van der Waals surface area contributed by atoms with Gasteiger partial charge in [0.1, 0.15) is 17.2 Å². The average molecular weight is 496 g/mol. The first kappa shape index (κ1) is 23.8. The largest absolute Gasteiger partial charge is 0.497 e. The van der Waals surface area contributed by atoms with Crippen LogP contribution in [0.15, 0.2) is 23.4 Å². The summed E-state index contributed by atoms with van der Waals surface area (Å²) >= 11 is 1.23. The third-order valence-corrected chi connectivity index (χ3v) is 8.89. The molecular formula is C21H29N5O5S2. The molecule has 2 heterocycles. The van der Waals surface area contributed by atoms with Gasteiger partial charge in [-0.3, -0.25) is 4.79 Å². The van der Waals surface area contributed by atoms with Crippen molar-refractivity contribution in [1.82, 2.24) is 25.1 Å². The quantitative estimate of drug-likeness (QED) is 0.508. The van der Waals surface area contributed by atoms with E-state index < -0.39 is 9.84 Å². The van der Waals surface area contributed by atoms with Crippen molar-refractivity contribution in [1.29, 1.82) is 0 Å². The monoisotopic (exact) mass is 495 g/mol. The molecule has 0 N–H and O–H groups in total. The summed E-state index contributed by atoms with van der Waals surface area (Å²) in [6.45, 7) is 0. The van der Waals surface area contributed by atoms with Crippen LogP contribution in [0.25, 0.3) is 5.69 Å². The van der Waals surface area contributed by atoms with E-state index in [1.165, 1.54) is 16.4 Å². The van der Waals surface area contributed by atoms with Crippen molar-refractivity contribution in [3.05, 3.63) is 18.2 Å². The first-order valence-electron chi connectivity index (χ1n) is 11.1. The number of benzene rings is 1. The van der Waals surface area contributed by atoms with E-state index in [2.05, 4.69) is 15.5 Å². The number of carbonyl (C=O) groups is 1. The minimum Gasteiger partial charge on any atom is -0.497 e. The minimum atomic E-state index is -3.09. The van der Waals surface area contributed by atoms with Crippen LogP contribution < -0.4 is 9.47 Å². The van der Waals surface area contributed by atoms with Crippen molar-refractivity contribution in [2.24, 2.45) is 0 Å². The third-order valence-electron chi connectivity index (χ3n) is 6.24. The molecule has 1 saturated carbocycles. The zero-order valence-electron chi connectivity index (χ0n) is 18.8. The molecule has 180 valence electrons. The van der Waals surface area contributed by atoms with Crippen molar-refractivity contribution in [3.8, 4) is 17.2 Å². The van der Waals surface area contributed by atoms with Crippen LogP contribution in [-0.4, -0.2) is 83.0 Å². The second kappa shape index (κ2) is 10.3. The Kier molecular flexibility index (Phi) is 7.42. The molecule has 1 aliphatic carbocycles. The Morgan fingerprint density at radius 2 is 1.94 bits per heavy atom. The highest BCUT2D eigenvalue weighted by molar-refractivity contribution is 7.99. The molecule has 10 nitrogen and oxygen atoms in total. The number of nitrogens with zero attached hydrogens (tertiary/aromatic N) is 5. The van der Waals surface area contributed by atoms with Gasteiger partial charge in [0.05, 0.1) is 31.5 Å². The fourth-order valence-electron chi connectivity index (χ4n) is 4.64. The Balaban J connectivity index is 1.53. The van der Waals surface area contributed by atoms with Crippen LogP contribution in [0.4, 0.5) is 0 Å². The van der Waals surface area contributed by atoms with Gasteiger partial charge in [0.2, 0.25) is 11.1 Å². The maximum atomic E-state index is 13.4. The van der Waals surface area contributed by atoms with Gasteiger partial charge in [0.15, 0.2) is 9.84 Å². The Morgan fingerprint density at radius 1 is 1.15 bits per heavy atom. The number of thioether (sulfide) groups is 1. The van der Waals surface area contributed by atoms with Gasteiger partial charge in [-0.25, -0.2) is 8.42 Å². The predicted octanol–water partition coefficient (Wildman–Crippen LogP) is 2.12. The number of aromatic nitrogens is 4. The summed E-state index contributed by atoms with van der Waals surface area (Å²) in [6, 6.07) is 5.15. The Bertz CT molecular complexity index is 1080. The highest BCUT2D eigenvalue weighted by atomic mass is 32.2. The van der Waals surface area contributed by atoms with Crippen molar-refractivity contribution < 1.29 is 22.7 Å². The first-order chi connectivity index (χ1) is 15.9. The SMILES string of the molecule is COc1ccc(OC)c(-n2nnnc2SCC(=O)N(C2CCCCC2)C2CCS(=O)(=O)C2)c1. The van der Waals surface area contributed by atoms with E-state index in [0.29, 0.717) is 28.8 Å². The number of carbonyl (C=O) groups excluding carboxylic acids is 1. The van der Waals surface area contributed by atoms with E-state index in [0.717, 1.165) is 32.1 Å². The molecule has 1 aliphatic heterocycles. The number of tetrazole rings is 1. The van der Waals surface area contributed by atoms with Crippen LogP contribution in [0.2, 0.25) is 0 Å². The number of amides is 1. The molecule has 0 radical (unpaired) electrons. The van der Waals surface area contributed by atoms with E-state index in [1.807, 2.05) is 4.90 Å². The van der Waals surface area contributed by atoms with Crippen molar-refractivity contribution >= 4 is 27.5 Å². The van der Waals surface area contributed by atoms with Gasteiger partial charge in [-0.2, -0.15) is 4.68 Å². The van der Waals surface area contributed by atoms with Crippen LogP contribution in [0.1, 0.15) is 38.5 Å². The number of hydrogen-bond donors (Lipinski definition) is 0. The Morgan fingerprint density at radius 3 is 2.61 bits per heavy atom. The predicted molar refractivity (Wildman–Crippen MR) is 124 cm³/mol. The molecule has 2 fully saturated rings. The van der Waals surface area contributed by atoms with Crippen LogP contribution in [0, 0.1) is 0 Å². The molecule has 0 bridgehead atoms. The molecule has 1 aromatic heterocycles. The summed E-state index contributed by atoms with van der Waals surface area (Å²) < 4.78 is 36.5. The lowest BCUT2D eigenvalue weighted by molar-refractivity contribution is -0.133. The van der Waals surface area contributed by atoms with Gasteiger partial charge in [0.25, 0.3) is 0 Å². The van der Waals surface area contributed by atoms with Crippen LogP contribution in [0.3, 0.4) is 0 Å². The molecule has 2 aliphatic rings. The van der Waals surface area contributed by atoms with E-state index in [9.17, 15) is 13.2 Å². The summed E-state index contributed by atoms with van der Waals surface area (Å²) in [5.74, 6) is 1.45. The zero-order chi connectivity index (χ0) is 23.4. The first-order valence-corrected chi connectivity index (χ1v) is 13.9. The fourth-order valence-corrected chi connectivity index (χ4v) is 7.11. The molecule has 1 atom stereocenters. The van der Waals surface area contributed by atoms with Gasteiger partial charge < -0.3 is 14.4 Å². The normalized spacial score (nSPS) is 20.5. The van der Waals surface area contributed by atoms with E-state index in [4.69, 9.17) is 9.47 Å². The molecule has 1 aromatic carbocycles. The molecule has 1 unspecified atom stereocenters. The topological polar surface area (TPSA) is 117 Å². The van der Waals surface area contributed by atoms with Crippen molar-refractivity contribution in [2.45, 2.75) is 55.8 Å². The highest BCUT2D eigenvalue weighted by Crippen LogP contribution is 2.32. The van der Waals surface area contributed by atoms with Gasteiger partial charge in [0, 0.05) is 18.2 Å². The summed E-state index contributed by atoms with van der Waals surface area (Å²) in [5.41, 5.74) is 0.600. The van der Waals surface area contributed by atoms with Gasteiger partial charge in [-0.05, 0) is 41.8 Å². The van der Waals surface area contributed by atoms with Crippen LogP contribution in [0.5, 0.6) is 11.5 Å². The molecule has 4 rings (SSSR count). The smallest absolute Gasteiger partial charge is 0.233 e. The van der Waals surface area contributed by atoms with Crippen LogP contribution >= 0.6 is 11.8 Å². The molecule has 1 amide bonds. The maximum Gasteiger partial charge on any atom is 0.233 e. The van der Waals surface area contributed by atoms with Crippen molar-refractivity contribution in [2.75, 3.05) is 31.5 Å². The Hall–Kier alpha value is -2.34. The number of sulfone groups is 1. The van der Waals surface area contributed by atoms with E-state index >= 15 is 0 Å². The minimum absolute atomic E-state index is 0.0542. The summed E-state index contributed by atoms with van der Waals surface area (Å²) in [6.07, 6.45) is 5.64. The molecule has 1 saturated heterocycles. The van der Waals surface area contributed by atoms with Crippen LogP contribution in [-0.2, 0) is 14.6 Å². The number of hydrogen-bond acceptors (Lipinski definition) is 9. The lowest BCUT2D eigenvalue weighted by Crippen LogP contribution is -2.49. The van der Waals surface area contributed by atoms with Crippen molar-refractivity contribution in [3.63, 3.8) is 0 Å². The maximum absolute atomic E-state index is 13.4. The second-order valence-electron chi connectivity index (χ2n) is 8.35. The summed E-state index contributed by atoms with van der Waals surface area (Å²) in [7, 11) is 0.0404. The summed E-state index contributed by atoms with van der Waals surface area (Å²) in [4.78, 5) is 15.3. The Labute approximate surface area is 197 Å². The molecule has 12 heteroatoms. The van der Waals surface area contributed by atoms with Gasteiger partial charge in [-0.15, -0.1) is 5.10 Å². The third kappa shape index (κ3) is 5.43.